The number of nitrogens with two attached hydrogens (primary N) is 1. The molecule has 0 bridgehead atoms. The largest absolute Gasteiger partial charge is 0.416 e. The number of hydrogen-bond acceptors (Lipinski definition) is 3. The maximum Gasteiger partial charge on any atom is 0.416 e. The Hall–Kier alpha value is -2.32. The van der Waals surface area contributed by atoms with Crippen LogP contribution in [0.1, 0.15) is 28.0 Å². The van der Waals surface area contributed by atoms with Crippen LogP contribution in [0, 0.1) is 6.92 Å². The molecule has 2 heterocycles. The van der Waals surface area contributed by atoms with Crippen LogP contribution in [0.5, 0.6) is 0 Å². The number of primary amides is 1. The van der Waals surface area contributed by atoms with E-state index >= 15 is 0 Å². The number of halogens is 3. The number of alkyl halides is 3. The second-order valence-electron chi connectivity index (χ2n) is 6.93. The summed E-state index contributed by atoms with van der Waals surface area (Å²) in [4.78, 5) is 14.1. The van der Waals surface area contributed by atoms with Crippen LogP contribution < -0.4 is 5.73 Å². The van der Waals surface area contributed by atoms with Crippen LogP contribution in [-0.4, -0.2) is 48.2 Å². The lowest BCUT2D eigenvalue weighted by atomic mass is 10.1. The van der Waals surface area contributed by atoms with E-state index in [1.54, 1.807) is 6.07 Å². The second kappa shape index (κ2) is 8.36. The van der Waals surface area contributed by atoms with Gasteiger partial charge in [0.15, 0.2) is 0 Å². The summed E-state index contributed by atoms with van der Waals surface area (Å²) in [5.74, 6) is -0.544. The second-order valence-corrected chi connectivity index (χ2v) is 6.93. The molecule has 1 fully saturated rings. The number of aromatic nitrogens is 1. The Morgan fingerprint density at radius 3 is 2.36 bits per heavy atom. The van der Waals surface area contributed by atoms with Gasteiger partial charge in [-0.05, 0) is 37.1 Å². The summed E-state index contributed by atoms with van der Waals surface area (Å²) in [6, 6.07) is 6.63. The molecule has 1 aromatic heterocycles. The summed E-state index contributed by atoms with van der Waals surface area (Å²) in [6.07, 6.45) is -3.53. The van der Waals surface area contributed by atoms with Crippen LogP contribution in [0.25, 0.3) is 11.3 Å². The minimum absolute atomic E-state index is 0.390. The minimum Gasteiger partial charge on any atom is -0.379 e. The van der Waals surface area contributed by atoms with Crippen molar-refractivity contribution in [2.45, 2.75) is 26.1 Å². The molecule has 2 aromatic rings. The van der Waals surface area contributed by atoms with Gasteiger partial charge in [0, 0.05) is 37.6 Å². The minimum atomic E-state index is -4.38. The average Bonchev–Trinajstić information content (AvgIpc) is 2.99. The Morgan fingerprint density at radius 1 is 1.14 bits per heavy atom. The lowest BCUT2D eigenvalue weighted by Crippen LogP contribution is -2.37. The van der Waals surface area contributed by atoms with Crippen LogP contribution in [-0.2, 0) is 17.5 Å². The Morgan fingerprint density at radius 2 is 1.79 bits per heavy atom. The fourth-order valence-corrected chi connectivity index (χ4v) is 3.53. The highest BCUT2D eigenvalue weighted by atomic mass is 19.4. The van der Waals surface area contributed by atoms with E-state index in [4.69, 9.17) is 10.5 Å². The Labute approximate surface area is 161 Å². The zero-order chi connectivity index (χ0) is 20.3. The maximum absolute atomic E-state index is 12.8. The molecule has 5 nitrogen and oxygen atoms in total. The molecule has 1 aliphatic heterocycles. The SMILES string of the molecule is Cc1c(C(N)=O)cc(-c2ccc(C(F)(F)F)cc2)n1CCCN1CCOCC1. The van der Waals surface area contributed by atoms with E-state index in [-0.39, 0.29) is 0 Å². The fraction of sp³-hybridized carbons (Fsp3) is 0.450. The van der Waals surface area contributed by atoms with Crippen LogP contribution in [0.15, 0.2) is 30.3 Å². The van der Waals surface area contributed by atoms with Gasteiger partial charge < -0.3 is 15.0 Å². The summed E-state index contributed by atoms with van der Waals surface area (Å²) in [5.41, 5.74) is 7.21. The molecule has 1 saturated heterocycles. The number of benzene rings is 1. The highest BCUT2D eigenvalue weighted by Gasteiger charge is 2.30. The average molecular weight is 395 g/mol. The van der Waals surface area contributed by atoms with E-state index in [0.717, 1.165) is 57.1 Å². The van der Waals surface area contributed by atoms with Crippen molar-refractivity contribution >= 4 is 5.91 Å². The molecule has 28 heavy (non-hydrogen) atoms. The molecule has 0 atom stereocenters. The van der Waals surface area contributed by atoms with Gasteiger partial charge >= 0.3 is 6.18 Å². The topological polar surface area (TPSA) is 60.5 Å². The molecule has 0 aliphatic carbocycles. The first-order valence-electron chi connectivity index (χ1n) is 9.25. The molecule has 1 aromatic carbocycles. The van der Waals surface area contributed by atoms with Gasteiger partial charge in [-0.25, -0.2) is 0 Å². The molecule has 0 radical (unpaired) electrons. The lowest BCUT2D eigenvalue weighted by Gasteiger charge is -2.26. The standard InChI is InChI=1S/C20H24F3N3O2/c1-14-17(19(24)27)13-18(15-3-5-16(6-4-15)20(21,22)23)26(14)8-2-7-25-9-11-28-12-10-25/h3-6,13H,2,7-12H2,1H3,(H2,24,27). The van der Waals surface area contributed by atoms with Crippen molar-refractivity contribution in [3.63, 3.8) is 0 Å². The van der Waals surface area contributed by atoms with Gasteiger partial charge in [0.1, 0.15) is 0 Å². The van der Waals surface area contributed by atoms with E-state index in [2.05, 4.69) is 4.90 Å². The lowest BCUT2D eigenvalue weighted by molar-refractivity contribution is -0.137. The molecule has 8 heteroatoms. The molecule has 2 N–H and O–H groups in total. The van der Waals surface area contributed by atoms with Crippen molar-refractivity contribution in [3.05, 3.63) is 47.2 Å². The number of hydrogen-bond donors (Lipinski definition) is 1. The monoisotopic (exact) mass is 395 g/mol. The van der Waals surface area contributed by atoms with Crippen LogP contribution in [0.3, 0.4) is 0 Å². The third-order valence-electron chi connectivity index (χ3n) is 5.10. The van der Waals surface area contributed by atoms with E-state index in [1.165, 1.54) is 12.1 Å². The fourth-order valence-electron chi connectivity index (χ4n) is 3.53. The summed E-state index contributed by atoms with van der Waals surface area (Å²) in [7, 11) is 0. The quantitative estimate of drug-likeness (QED) is 0.817. The van der Waals surface area contributed by atoms with Gasteiger partial charge in [0.2, 0.25) is 0 Å². The van der Waals surface area contributed by atoms with Gasteiger partial charge in [-0.1, -0.05) is 12.1 Å². The van der Waals surface area contributed by atoms with Crippen molar-refractivity contribution in [2.75, 3.05) is 32.8 Å². The molecule has 1 aliphatic rings. The molecule has 1 amide bonds. The van der Waals surface area contributed by atoms with Gasteiger partial charge in [-0.3, -0.25) is 9.69 Å². The summed E-state index contributed by atoms with van der Waals surface area (Å²) >= 11 is 0. The predicted molar refractivity (Wildman–Crippen MR) is 100 cm³/mol. The third kappa shape index (κ3) is 4.56. The predicted octanol–water partition coefficient (Wildman–Crippen LogP) is 3.30. The van der Waals surface area contributed by atoms with Gasteiger partial charge in [0.25, 0.3) is 5.91 Å². The molecule has 3 rings (SSSR count). The van der Waals surface area contributed by atoms with Gasteiger partial charge in [-0.15, -0.1) is 0 Å². The van der Waals surface area contributed by atoms with Crippen molar-refractivity contribution in [3.8, 4) is 11.3 Å². The highest BCUT2D eigenvalue weighted by molar-refractivity contribution is 5.95. The smallest absolute Gasteiger partial charge is 0.379 e. The molecular weight excluding hydrogens is 371 g/mol. The van der Waals surface area contributed by atoms with E-state index in [0.29, 0.717) is 23.4 Å². The van der Waals surface area contributed by atoms with Crippen LogP contribution in [0.2, 0.25) is 0 Å². The number of ether oxygens (including phenoxy) is 1. The Balaban J connectivity index is 1.83. The third-order valence-corrected chi connectivity index (χ3v) is 5.10. The molecule has 152 valence electrons. The van der Waals surface area contributed by atoms with Crippen molar-refractivity contribution < 1.29 is 22.7 Å². The van der Waals surface area contributed by atoms with E-state index < -0.39 is 17.6 Å². The zero-order valence-corrected chi connectivity index (χ0v) is 15.8. The molecule has 0 saturated carbocycles. The number of carbonyl (C=O) groups excluding carboxylic acids is 1. The van der Waals surface area contributed by atoms with E-state index in [9.17, 15) is 18.0 Å². The number of rotatable bonds is 6. The van der Waals surface area contributed by atoms with Gasteiger partial charge in [-0.2, -0.15) is 13.2 Å². The van der Waals surface area contributed by atoms with Crippen LogP contribution in [0.4, 0.5) is 13.2 Å². The summed E-state index contributed by atoms with van der Waals surface area (Å²) in [5, 5.41) is 0. The van der Waals surface area contributed by atoms with Crippen LogP contribution >= 0.6 is 0 Å². The molecule has 0 spiro atoms. The number of nitrogens with zero attached hydrogens (tertiary/aromatic N) is 2. The molecule has 0 unspecified atom stereocenters. The molecular formula is C20H24F3N3O2. The first kappa shape index (κ1) is 20.4. The van der Waals surface area contributed by atoms with Crippen molar-refractivity contribution in [1.29, 1.82) is 0 Å². The summed E-state index contributed by atoms with van der Waals surface area (Å²) in [6.45, 7) is 6.58. The normalized spacial score (nSPS) is 15.7. The highest BCUT2D eigenvalue weighted by Crippen LogP contribution is 2.32. The first-order valence-corrected chi connectivity index (χ1v) is 9.25. The number of carbonyl (C=O) groups is 1. The number of amides is 1. The van der Waals surface area contributed by atoms with Crippen molar-refractivity contribution in [1.82, 2.24) is 9.47 Å². The van der Waals surface area contributed by atoms with E-state index in [1.807, 2.05) is 11.5 Å². The first-order chi connectivity index (χ1) is 13.3. The van der Waals surface area contributed by atoms with Crippen molar-refractivity contribution in [2.24, 2.45) is 5.73 Å². The number of morpholine rings is 1. The van der Waals surface area contributed by atoms with Gasteiger partial charge in [0.05, 0.1) is 24.3 Å². The Bertz CT molecular complexity index is 822. The summed E-state index contributed by atoms with van der Waals surface area (Å²) < 4.78 is 45.8. The Kier molecular flexibility index (Phi) is 6.10. The zero-order valence-electron chi connectivity index (χ0n) is 15.8. The maximum atomic E-state index is 12.8.